The van der Waals surface area contributed by atoms with Crippen LogP contribution in [0.5, 0.6) is 5.75 Å². The van der Waals surface area contributed by atoms with Crippen LogP contribution in [0.3, 0.4) is 0 Å². The maximum Gasteiger partial charge on any atom is 0.148 e. The summed E-state index contributed by atoms with van der Waals surface area (Å²) in [6.07, 6.45) is 2.16. The number of benzene rings is 1. The number of nitrogen functional groups attached to an aromatic ring is 1. The van der Waals surface area contributed by atoms with Crippen LogP contribution >= 0.6 is 0 Å². The monoisotopic (exact) mass is 263 g/mol. The van der Waals surface area contributed by atoms with Crippen molar-refractivity contribution < 1.29 is 4.74 Å². The molecular weight excluding hydrogens is 238 g/mol. The molecule has 1 unspecified atom stereocenters. The lowest BCUT2D eigenvalue weighted by atomic mass is 9.84. The van der Waals surface area contributed by atoms with E-state index in [9.17, 15) is 0 Å². The van der Waals surface area contributed by atoms with Crippen molar-refractivity contribution in [1.29, 1.82) is 5.53 Å². The summed E-state index contributed by atoms with van der Waals surface area (Å²) in [5.41, 5.74) is 14.3. The molecule has 0 fully saturated rings. The van der Waals surface area contributed by atoms with Crippen LogP contribution < -0.4 is 10.5 Å². The standard InChI is InChI=1S/C15H25N3O/c1-11(10-15(2,3)4)7-8-19-14-9-12(16)5-6-13(14)18-17/h5-6,9,11,17H,7-8,10,16H2,1-4H3. The molecule has 1 rings (SSSR count). The van der Waals surface area contributed by atoms with Gasteiger partial charge in [-0.05, 0) is 36.3 Å². The number of hydrogen-bond donors (Lipinski definition) is 2. The molecule has 4 nitrogen and oxygen atoms in total. The lowest BCUT2D eigenvalue weighted by Gasteiger charge is -2.23. The predicted octanol–water partition coefficient (Wildman–Crippen LogP) is 4.77. The van der Waals surface area contributed by atoms with Crippen LogP contribution in [-0.2, 0) is 0 Å². The molecule has 0 aromatic heterocycles. The average molecular weight is 263 g/mol. The van der Waals surface area contributed by atoms with Crippen molar-refractivity contribution >= 4 is 11.4 Å². The molecule has 0 heterocycles. The molecule has 0 saturated heterocycles. The van der Waals surface area contributed by atoms with Crippen LogP contribution in [0.15, 0.2) is 23.3 Å². The number of nitrogens with one attached hydrogen (secondary N) is 1. The molecule has 106 valence electrons. The van der Waals surface area contributed by atoms with Gasteiger partial charge >= 0.3 is 0 Å². The fourth-order valence-electron chi connectivity index (χ4n) is 2.26. The minimum Gasteiger partial charge on any atom is -0.491 e. The Morgan fingerprint density at radius 1 is 1.37 bits per heavy atom. The lowest BCUT2D eigenvalue weighted by Crippen LogP contribution is -2.13. The first kappa shape index (κ1) is 15.5. The molecule has 3 N–H and O–H groups in total. The minimum absolute atomic E-state index is 0.345. The van der Waals surface area contributed by atoms with Gasteiger partial charge < -0.3 is 10.5 Å². The number of anilines is 1. The second-order valence-electron chi connectivity index (χ2n) is 6.35. The van der Waals surface area contributed by atoms with Gasteiger partial charge in [-0.25, -0.2) is 5.53 Å². The first-order valence-corrected chi connectivity index (χ1v) is 6.71. The van der Waals surface area contributed by atoms with E-state index < -0.39 is 0 Å². The van der Waals surface area contributed by atoms with Crippen LogP contribution in [-0.4, -0.2) is 6.61 Å². The van der Waals surface area contributed by atoms with E-state index >= 15 is 0 Å². The Morgan fingerprint density at radius 3 is 2.63 bits per heavy atom. The highest BCUT2D eigenvalue weighted by atomic mass is 16.5. The molecule has 0 aliphatic heterocycles. The highest BCUT2D eigenvalue weighted by Gasteiger charge is 2.15. The average Bonchev–Trinajstić information content (AvgIpc) is 2.27. The van der Waals surface area contributed by atoms with Crippen molar-refractivity contribution in [3.63, 3.8) is 0 Å². The molecule has 1 aromatic carbocycles. The molecule has 0 bridgehead atoms. The van der Waals surface area contributed by atoms with E-state index in [0.29, 0.717) is 35.1 Å². The Balaban J connectivity index is 2.49. The molecule has 0 amide bonds. The topological polar surface area (TPSA) is 71.5 Å². The van der Waals surface area contributed by atoms with Crippen LogP contribution in [0.2, 0.25) is 0 Å². The quantitative estimate of drug-likeness (QED) is 0.573. The fraction of sp³-hybridized carbons (Fsp3) is 0.600. The molecule has 0 aliphatic carbocycles. The number of nitrogens with two attached hydrogens (primary N) is 1. The first-order valence-electron chi connectivity index (χ1n) is 6.71. The summed E-state index contributed by atoms with van der Waals surface area (Å²) in [4.78, 5) is 0. The third-order valence-corrected chi connectivity index (χ3v) is 2.93. The van der Waals surface area contributed by atoms with Gasteiger partial charge in [0.1, 0.15) is 11.4 Å². The molecule has 0 saturated carbocycles. The van der Waals surface area contributed by atoms with Gasteiger partial charge in [0, 0.05) is 11.8 Å². The zero-order valence-corrected chi connectivity index (χ0v) is 12.4. The molecule has 19 heavy (non-hydrogen) atoms. The lowest BCUT2D eigenvalue weighted by molar-refractivity contribution is 0.241. The Morgan fingerprint density at radius 2 is 2.05 bits per heavy atom. The van der Waals surface area contributed by atoms with Gasteiger partial charge in [-0.1, -0.05) is 27.7 Å². The number of ether oxygens (including phenoxy) is 1. The molecule has 1 aromatic rings. The van der Waals surface area contributed by atoms with Crippen molar-refractivity contribution in [2.24, 2.45) is 16.4 Å². The zero-order chi connectivity index (χ0) is 14.5. The Hall–Kier alpha value is -1.58. The van der Waals surface area contributed by atoms with Gasteiger partial charge in [0.05, 0.1) is 6.61 Å². The van der Waals surface area contributed by atoms with E-state index in [1.165, 1.54) is 6.42 Å². The van der Waals surface area contributed by atoms with Crippen LogP contribution in [0.25, 0.3) is 0 Å². The van der Waals surface area contributed by atoms with Crippen molar-refractivity contribution in [2.75, 3.05) is 12.3 Å². The summed E-state index contributed by atoms with van der Waals surface area (Å²) < 4.78 is 5.70. The van der Waals surface area contributed by atoms with Crippen molar-refractivity contribution in [3.05, 3.63) is 18.2 Å². The highest BCUT2D eigenvalue weighted by molar-refractivity contribution is 5.58. The Labute approximate surface area is 115 Å². The second-order valence-corrected chi connectivity index (χ2v) is 6.35. The number of hydrogen-bond acceptors (Lipinski definition) is 4. The van der Waals surface area contributed by atoms with Crippen molar-refractivity contribution in [1.82, 2.24) is 0 Å². The van der Waals surface area contributed by atoms with Gasteiger partial charge in [-0.3, -0.25) is 0 Å². The summed E-state index contributed by atoms with van der Waals surface area (Å²) in [5, 5.41) is 3.44. The summed E-state index contributed by atoms with van der Waals surface area (Å²) in [7, 11) is 0. The van der Waals surface area contributed by atoms with Crippen LogP contribution in [0, 0.1) is 16.9 Å². The van der Waals surface area contributed by atoms with E-state index in [-0.39, 0.29) is 0 Å². The molecule has 0 spiro atoms. The smallest absolute Gasteiger partial charge is 0.148 e. The molecule has 1 atom stereocenters. The molecule has 4 heteroatoms. The van der Waals surface area contributed by atoms with Crippen molar-refractivity contribution in [2.45, 2.75) is 40.5 Å². The SMILES string of the molecule is CC(CCOc1cc(N)ccc1N=N)CC(C)(C)C. The van der Waals surface area contributed by atoms with Gasteiger partial charge in [0.2, 0.25) is 0 Å². The van der Waals surface area contributed by atoms with Gasteiger partial charge in [-0.2, -0.15) is 5.11 Å². The van der Waals surface area contributed by atoms with Crippen LogP contribution in [0.4, 0.5) is 11.4 Å². The van der Waals surface area contributed by atoms with E-state index in [1.54, 1.807) is 18.2 Å². The van der Waals surface area contributed by atoms with Crippen molar-refractivity contribution in [3.8, 4) is 5.75 Å². The number of nitrogens with zero attached hydrogens (tertiary/aromatic N) is 1. The first-order chi connectivity index (χ1) is 8.81. The summed E-state index contributed by atoms with van der Waals surface area (Å²) in [6.45, 7) is 9.62. The largest absolute Gasteiger partial charge is 0.491 e. The van der Waals surface area contributed by atoms with E-state index in [2.05, 4.69) is 32.8 Å². The number of rotatable bonds is 6. The molecular formula is C15H25N3O. The zero-order valence-electron chi connectivity index (χ0n) is 12.4. The molecule has 0 radical (unpaired) electrons. The summed E-state index contributed by atoms with van der Waals surface area (Å²) in [5.74, 6) is 1.20. The molecule has 0 aliphatic rings. The predicted molar refractivity (Wildman–Crippen MR) is 79.0 cm³/mol. The van der Waals surface area contributed by atoms with E-state index in [1.807, 2.05) is 0 Å². The fourth-order valence-corrected chi connectivity index (χ4v) is 2.26. The summed E-state index contributed by atoms with van der Waals surface area (Å²) in [6, 6.07) is 5.15. The third-order valence-electron chi connectivity index (χ3n) is 2.93. The third kappa shape index (κ3) is 5.73. The van der Waals surface area contributed by atoms with Crippen LogP contribution in [0.1, 0.15) is 40.5 Å². The summed E-state index contributed by atoms with van der Waals surface area (Å²) >= 11 is 0. The highest BCUT2D eigenvalue weighted by Crippen LogP contribution is 2.30. The normalized spacial score (nSPS) is 13.1. The van der Waals surface area contributed by atoms with E-state index in [0.717, 1.165) is 6.42 Å². The maximum absolute atomic E-state index is 7.10. The van der Waals surface area contributed by atoms with E-state index in [4.69, 9.17) is 16.0 Å². The minimum atomic E-state index is 0.345. The van der Waals surface area contributed by atoms with Gasteiger partial charge in [-0.15, -0.1) is 0 Å². The maximum atomic E-state index is 7.10. The van der Waals surface area contributed by atoms with Gasteiger partial charge in [0.25, 0.3) is 0 Å². The second kappa shape index (κ2) is 6.55. The Kier molecular flexibility index (Phi) is 5.33. The Bertz CT molecular complexity index is 424. The van der Waals surface area contributed by atoms with Gasteiger partial charge in [0.15, 0.2) is 0 Å².